The largest absolute Gasteiger partial charge is 0.491 e. The van der Waals surface area contributed by atoms with Crippen LogP contribution in [0.3, 0.4) is 0 Å². The number of sulfone groups is 1. The zero-order chi connectivity index (χ0) is 26.7. The Labute approximate surface area is 204 Å². The lowest BCUT2D eigenvalue weighted by Gasteiger charge is -2.15. The molecular weight excluding hydrogens is 503 g/mol. The molecule has 3 N–H and O–H groups in total. The number of carbonyl (C=O) groups is 1. The predicted molar refractivity (Wildman–Crippen MR) is 125 cm³/mol. The molecule has 0 spiro atoms. The van der Waals surface area contributed by atoms with Gasteiger partial charge in [-0.3, -0.25) is 9.78 Å². The third-order valence-corrected chi connectivity index (χ3v) is 5.45. The minimum atomic E-state index is -4.57. The number of amides is 1. The normalized spacial score (nSPS) is 12.6. The average Bonchev–Trinajstić information content (AvgIpc) is 2.76. The van der Waals surface area contributed by atoms with Gasteiger partial charge >= 0.3 is 6.18 Å². The first-order valence-electron chi connectivity index (χ1n) is 10.3. The monoisotopic (exact) mass is 525 g/mol. The lowest BCUT2D eigenvalue weighted by atomic mass is 10.1. The van der Waals surface area contributed by atoms with E-state index in [-0.39, 0.29) is 46.0 Å². The molecule has 0 saturated heterocycles. The summed E-state index contributed by atoms with van der Waals surface area (Å²) in [6, 6.07) is 5.97. The number of aliphatic hydroxyl groups is 1. The number of alkyl halides is 3. The van der Waals surface area contributed by atoms with Gasteiger partial charge in [-0.05, 0) is 19.1 Å². The Morgan fingerprint density at radius 2 is 1.86 bits per heavy atom. The van der Waals surface area contributed by atoms with Crippen LogP contribution in [0, 0.1) is 0 Å². The number of rotatable bonds is 8. The number of hydrogen-bond donors (Lipinski definition) is 3. The highest BCUT2D eigenvalue weighted by Crippen LogP contribution is 2.34. The van der Waals surface area contributed by atoms with Crippen molar-refractivity contribution in [1.29, 1.82) is 0 Å². The molecule has 1 atom stereocenters. The fourth-order valence-corrected chi connectivity index (χ4v) is 3.50. The molecule has 3 aromatic heterocycles. The van der Waals surface area contributed by atoms with Crippen LogP contribution in [-0.2, 0) is 20.8 Å². The molecule has 3 heterocycles. The summed E-state index contributed by atoms with van der Waals surface area (Å²) in [5.41, 5.74) is -0.361. The van der Waals surface area contributed by atoms with E-state index in [4.69, 9.17) is 4.74 Å². The van der Waals surface area contributed by atoms with Crippen molar-refractivity contribution in [1.82, 2.24) is 15.0 Å². The maximum Gasteiger partial charge on any atom is 0.417 e. The number of ether oxygens (including phenoxy) is 1. The van der Waals surface area contributed by atoms with Gasteiger partial charge in [0.05, 0.1) is 23.0 Å². The van der Waals surface area contributed by atoms with Crippen molar-refractivity contribution in [3.63, 3.8) is 0 Å². The van der Waals surface area contributed by atoms with Crippen molar-refractivity contribution < 1.29 is 36.2 Å². The Kier molecular flexibility index (Phi) is 7.79. The highest BCUT2D eigenvalue weighted by Gasteiger charge is 2.30. The molecule has 36 heavy (non-hydrogen) atoms. The van der Waals surface area contributed by atoms with Crippen molar-refractivity contribution in [3.05, 3.63) is 48.3 Å². The van der Waals surface area contributed by atoms with Crippen molar-refractivity contribution in [2.24, 2.45) is 0 Å². The number of aliphatic hydroxyl groups excluding tert-OH is 1. The van der Waals surface area contributed by atoms with E-state index in [1.807, 2.05) is 0 Å². The minimum absolute atomic E-state index is 0.00616. The van der Waals surface area contributed by atoms with Gasteiger partial charge in [0.1, 0.15) is 24.0 Å². The Balaban J connectivity index is 2.09. The van der Waals surface area contributed by atoms with E-state index in [9.17, 15) is 31.5 Å². The van der Waals surface area contributed by atoms with Crippen LogP contribution < -0.4 is 15.4 Å². The zero-order valence-electron chi connectivity index (χ0n) is 19.3. The van der Waals surface area contributed by atoms with Crippen molar-refractivity contribution in [3.8, 4) is 17.0 Å². The Bertz CT molecular complexity index is 1360. The van der Waals surface area contributed by atoms with E-state index in [1.54, 1.807) is 0 Å². The van der Waals surface area contributed by atoms with E-state index < -0.39 is 33.6 Å². The summed E-state index contributed by atoms with van der Waals surface area (Å²) in [7, 11) is -3.77. The number of halogens is 3. The lowest BCUT2D eigenvalue weighted by molar-refractivity contribution is -0.137. The van der Waals surface area contributed by atoms with Gasteiger partial charge in [0.2, 0.25) is 5.91 Å². The molecular formula is C22H22F3N5O5S. The second kappa shape index (κ2) is 10.5. The molecule has 1 amide bonds. The van der Waals surface area contributed by atoms with Gasteiger partial charge in [-0.25, -0.2) is 18.4 Å². The molecule has 14 heteroatoms. The number of hydrogen-bond acceptors (Lipinski definition) is 9. The van der Waals surface area contributed by atoms with Crippen LogP contribution in [0.1, 0.15) is 19.4 Å². The van der Waals surface area contributed by atoms with Crippen molar-refractivity contribution in [2.45, 2.75) is 31.2 Å². The number of carbonyl (C=O) groups excluding carboxylic acids is 1. The Morgan fingerprint density at radius 1 is 1.14 bits per heavy atom. The van der Waals surface area contributed by atoms with Crippen LogP contribution in [0.15, 0.2) is 47.8 Å². The molecule has 0 saturated carbocycles. The molecule has 0 fully saturated rings. The second-order valence-corrected chi connectivity index (χ2v) is 9.77. The number of nitrogens with zero attached hydrogens (tertiary/aromatic N) is 3. The number of aromatic nitrogens is 3. The standard InChI is InChI=1S/C22H22F3N5O5S/c1-12(31)11-35-15-6-20(30-21(7-15)36(3,33)34)29-18-8-19(28-13(2)32)27-10-16(18)17-5-4-14(9-26-17)22(23,24)25/h4-10,12,31H,11H2,1-3H3,(H2,27,28,29,30,32)/t12-/m0/s1. The van der Waals surface area contributed by atoms with Gasteiger partial charge in [0, 0.05) is 49.3 Å². The summed E-state index contributed by atoms with van der Waals surface area (Å²) < 4.78 is 68.6. The molecule has 3 rings (SSSR count). The third-order valence-electron chi connectivity index (χ3n) is 4.48. The number of pyridine rings is 3. The van der Waals surface area contributed by atoms with Gasteiger partial charge in [0.15, 0.2) is 14.9 Å². The Morgan fingerprint density at radius 3 is 2.42 bits per heavy atom. The van der Waals surface area contributed by atoms with Gasteiger partial charge in [-0.1, -0.05) is 0 Å². The smallest absolute Gasteiger partial charge is 0.417 e. The summed E-state index contributed by atoms with van der Waals surface area (Å²) in [4.78, 5) is 23.5. The topological polar surface area (TPSA) is 143 Å². The maximum absolute atomic E-state index is 13.0. The molecule has 0 bridgehead atoms. The third kappa shape index (κ3) is 7.11. The van der Waals surface area contributed by atoms with E-state index >= 15 is 0 Å². The van der Waals surface area contributed by atoms with Crippen LogP contribution in [0.25, 0.3) is 11.3 Å². The zero-order valence-corrected chi connectivity index (χ0v) is 20.1. The summed E-state index contributed by atoms with van der Waals surface area (Å²) in [5, 5.41) is 14.6. The van der Waals surface area contributed by atoms with Gasteiger partial charge in [-0.15, -0.1) is 0 Å². The van der Waals surface area contributed by atoms with Gasteiger partial charge in [0.25, 0.3) is 0 Å². The molecule has 0 aliphatic heterocycles. The number of nitrogens with one attached hydrogen (secondary N) is 2. The number of anilines is 3. The molecule has 0 aliphatic rings. The molecule has 0 radical (unpaired) electrons. The quantitative estimate of drug-likeness (QED) is 0.403. The first-order chi connectivity index (χ1) is 16.7. The van der Waals surface area contributed by atoms with Crippen LogP contribution in [0.4, 0.5) is 30.5 Å². The molecule has 3 aromatic rings. The molecule has 0 unspecified atom stereocenters. The predicted octanol–water partition coefficient (Wildman–Crippen LogP) is 3.42. The SMILES string of the molecule is CC(=O)Nc1cc(Nc2cc(OC[C@H](C)O)cc(S(C)(=O)=O)n2)c(-c2ccc(C(F)(F)F)cn2)cn1. The second-order valence-electron chi connectivity index (χ2n) is 7.81. The van der Waals surface area contributed by atoms with Crippen molar-refractivity contribution >= 4 is 33.1 Å². The Hall–Kier alpha value is -3.78. The van der Waals surface area contributed by atoms with Crippen LogP contribution in [-0.4, -0.2) is 53.4 Å². The summed E-state index contributed by atoms with van der Waals surface area (Å²) in [6.07, 6.45) is -2.48. The average molecular weight is 526 g/mol. The van der Waals surface area contributed by atoms with Crippen LogP contribution in [0.2, 0.25) is 0 Å². The molecule has 0 aliphatic carbocycles. The summed E-state index contributed by atoms with van der Waals surface area (Å²) in [5.74, 6) is -0.198. The minimum Gasteiger partial charge on any atom is -0.491 e. The molecule has 10 nitrogen and oxygen atoms in total. The van der Waals surface area contributed by atoms with Crippen LogP contribution >= 0.6 is 0 Å². The summed E-state index contributed by atoms with van der Waals surface area (Å²) >= 11 is 0. The van der Waals surface area contributed by atoms with Crippen LogP contribution in [0.5, 0.6) is 5.75 Å². The van der Waals surface area contributed by atoms with E-state index in [0.717, 1.165) is 18.4 Å². The van der Waals surface area contributed by atoms with Crippen molar-refractivity contribution in [2.75, 3.05) is 23.5 Å². The molecule has 192 valence electrons. The first kappa shape index (κ1) is 26.8. The lowest BCUT2D eigenvalue weighted by Crippen LogP contribution is -2.14. The van der Waals surface area contributed by atoms with E-state index in [1.165, 1.54) is 38.2 Å². The van der Waals surface area contributed by atoms with E-state index in [2.05, 4.69) is 25.6 Å². The highest BCUT2D eigenvalue weighted by molar-refractivity contribution is 7.90. The first-order valence-corrected chi connectivity index (χ1v) is 12.2. The fraction of sp³-hybridized carbons (Fsp3) is 0.273. The fourth-order valence-electron chi connectivity index (χ4n) is 2.91. The van der Waals surface area contributed by atoms with Gasteiger partial charge in [-0.2, -0.15) is 13.2 Å². The van der Waals surface area contributed by atoms with Gasteiger partial charge < -0.3 is 20.5 Å². The summed E-state index contributed by atoms with van der Waals surface area (Å²) in [6.45, 7) is 2.64. The highest BCUT2D eigenvalue weighted by atomic mass is 32.2. The molecule has 0 aromatic carbocycles. The van der Waals surface area contributed by atoms with E-state index in [0.29, 0.717) is 6.20 Å². The maximum atomic E-state index is 13.0.